The van der Waals surface area contributed by atoms with Gasteiger partial charge in [-0.15, -0.1) is 0 Å². The van der Waals surface area contributed by atoms with Crippen molar-refractivity contribution >= 4 is 22.5 Å². The van der Waals surface area contributed by atoms with Crippen molar-refractivity contribution in [3.05, 3.63) is 64.3 Å². The Morgan fingerprint density at radius 2 is 1.63 bits per heavy atom. The second kappa shape index (κ2) is 8.64. The Labute approximate surface area is 185 Å². The summed E-state index contributed by atoms with van der Waals surface area (Å²) in [6, 6.07) is 13.6. The summed E-state index contributed by atoms with van der Waals surface area (Å²) in [4.78, 5) is 0. The van der Waals surface area contributed by atoms with E-state index in [1.54, 1.807) is 6.07 Å². The van der Waals surface area contributed by atoms with E-state index in [0.29, 0.717) is 0 Å². The number of benzene rings is 2. The fourth-order valence-corrected chi connectivity index (χ4v) is 4.03. The average Bonchev–Trinajstić information content (AvgIpc) is 2.92. The number of fused-ring (bicyclic) bond motifs is 1. The highest BCUT2D eigenvalue weighted by Gasteiger charge is 2.26. The van der Waals surface area contributed by atoms with Crippen molar-refractivity contribution in [3.63, 3.8) is 0 Å². The molecule has 0 bridgehead atoms. The highest BCUT2D eigenvalue weighted by Crippen LogP contribution is 2.36. The molecule has 0 unspecified atom stereocenters. The summed E-state index contributed by atoms with van der Waals surface area (Å²) in [6.07, 6.45) is 2.76. The molecule has 3 nitrogen and oxygen atoms in total. The SMILES string of the molecule is CC(C)(C)CCc1c(CC(C)(C)CO)n(Cc2ccc(Cl)cc2)c2ccc(O)cc12. The third kappa shape index (κ3) is 5.39. The number of aliphatic hydroxyl groups is 1. The molecule has 2 N–H and O–H groups in total. The lowest BCUT2D eigenvalue weighted by molar-refractivity contribution is 0.157. The monoisotopic (exact) mass is 427 g/mol. The number of halogens is 1. The fourth-order valence-electron chi connectivity index (χ4n) is 3.91. The third-order valence-corrected chi connectivity index (χ3v) is 5.98. The average molecular weight is 428 g/mol. The van der Waals surface area contributed by atoms with Gasteiger partial charge in [-0.3, -0.25) is 0 Å². The molecule has 3 aromatic rings. The van der Waals surface area contributed by atoms with Crippen LogP contribution >= 0.6 is 11.6 Å². The van der Waals surface area contributed by atoms with E-state index in [1.807, 2.05) is 24.3 Å². The van der Waals surface area contributed by atoms with Gasteiger partial charge in [0.25, 0.3) is 0 Å². The molecule has 30 heavy (non-hydrogen) atoms. The van der Waals surface area contributed by atoms with Crippen LogP contribution in [0.25, 0.3) is 10.9 Å². The molecule has 0 spiro atoms. The second-order valence-corrected chi connectivity index (χ2v) is 10.8. The Morgan fingerprint density at radius 3 is 2.23 bits per heavy atom. The second-order valence-electron chi connectivity index (χ2n) is 10.4. The van der Waals surface area contributed by atoms with E-state index in [-0.39, 0.29) is 23.2 Å². The molecule has 0 amide bonds. The minimum atomic E-state index is -0.231. The lowest BCUT2D eigenvalue weighted by Crippen LogP contribution is -2.23. The van der Waals surface area contributed by atoms with Gasteiger partial charge < -0.3 is 14.8 Å². The van der Waals surface area contributed by atoms with Crippen LogP contribution in [0, 0.1) is 10.8 Å². The predicted molar refractivity (Wildman–Crippen MR) is 127 cm³/mol. The van der Waals surface area contributed by atoms with Crippen LogP contribution in [-0.2, 0) is 19.4 Å². The maximum atomic E-state index is 10.2. The van der Waals surface area contributed by atoms with Crippen LogP contribution in [0.15, 0.2) is 42.5 Å². The molecule has 4 heteroatoms. The van der Waals surface area contributed by atoms with E-state index in [1.165, 1.54) is 16.8 Å². The summed E-state index contributed by atoms with van der Waals surface area (Å²) in [7, 11) is 0. The van der Waals surface area contributed by atoms with Crippen LogP contribution in [0.1, 0.15) is 57.9 Å². The largest absolute Gasteiger partial charge is 0.508 e. The van der Waals surface area contributed by atoms with Crippen molar-refractivity contribution in [1.29, 1.82) is 0 Å². The van der Waals surface area contributed by atoms with Crippen molar-refractivity contribution in [3.8, 4) is 5.75 Å². The highest BCUT2D eigenvalue weighted by molar-refractivity contribution is 6.30. The first-order chi connectivity index (χ1) is 14.0. The van der Waals surface area contributed by atoms with E-state index >= 15 is 0 Å². The first-order valence-electron chi connectivity index (χ1n) is 10.7. The molecule has 0 aliphatic rings. The quantitative estimate of drug-likeness (QED) is 0.446. The molecular formula is C26H34ClNO2. The Hall–Kier alpha value is -1.97. The van der Waals surface area contributed by atoms with Crippen LogP contribution in [0.5, 0.6) is 5.75 Å². The van der Waals surface area contributed by atoms with Crippen molar-refractivity contribution in [1.82, 2.24) is 4.57 Å². The van der Waals surface area contributed by atoms with Crippen molar-refractivity contribution in [2.24, 2.45) is 10.8 Å². The molecular weight excluding hydrogens is 394 g/mol. The zero-order chi connectivity index (χ0) is 22.1. The smallest absolute Gasteiger partial charge is 0.116 e. The minimum Gasteiger partial charge on any atom is -0.508 e. The molecule has 0 aliphatic heterocycles. The third-order valence-electron chi connectivity index (χ3n) is 5.72. The first-order valence-corrected chi connectivity index (χ1v) is 11.1. The molecule has 0 aliphatic carbocycles. The Balaban J connectivity index is 2.18. The molecule has 0 radical (unpaired) electrons. The molecule has 0 atom stereocenters. The molecule has 0 saturated heterocycles. The number of aryl methyl sites for hydroxylation is 1. The standard InChI is InChI=1S/C26H34ClNO2/c1-25(2,3)13-12-21-22-14-20(30)10-11-23(22)28(24(21)15-26(4,5)17-29)16-18-6-8-19(27)9-7-18/h6-11,14,29-30H,12-13,15-17H2,1-5H3. The van der Waals surface area contributed by atoms with Crippen LogP contribution in [0.2, 0.25) is 5.02 Å². The molecule has 0 fully saturated rings. The van der Waals surface area contributed by atoms with E-state index in [2.05, 4.69) is 51.3 Å². The number of hydrogen-bond donors (Lipinski definition) is 2. The number of rotatable bonds is 7. The van der Waals surface area contributed by atoms with Gasteiger partial charge in [0.05, 0.1) is 0 Å². The maximum Gasteiger partial charge on any atom is 0.116 e. The molecule has 1 aromatic heterocycles. The summed E-state index contributed by atoms with van der Waals surface area (Å²) < 4.78 is 2.35. The maximum absolute atomic E-state index is 10.2. The van der Waals surface area contributed by atoms with Crippen LogP contribution in [0.3, 0.4) is 0 Å². The number of aromatic hydroxyl groups is 1. The highest BCUT2D eigenvalue weighted by atomic mass is 35.5. The van der Waals surface area contributed by atoms with Crippen molar-refractivity contribution in [2.75, 3.05) is 6.61 Å². The van der Waals surface area contributed by atoms with Crippen LogP contribution in [0.4, 0.5) is 0 Å². The number of aliphatic hydroxyl groups excluding tert-OH is 1. The zero-order valence-corrected chi connectivity index (χ0v) is 19.6. The van der Waals surface area contributed by atoms with E-state index in [9.17, 15) is 10.2 Å². The van der Waals surface area contributed by atoms with Crippen molar-refractivity contribution < 1.29 is 10.2 Å². The molecule has 1 heterocycles. The van der Waals surface area contributed by atoms with Gasteiger partial charge >= 0.3 is 0 Å². The Morgan fingerprint density at radius 1 is 0.967 bits per heavy atom. The Bertz CT molecular complexity index is 1010. The number of aromatic nitrogens is 1. The normalized spacial score (nSPS) is 12.6. The summed E-state index contributed by atoms with van der Waals surface area (Å²) >= 11 is 6.09. The Kier molecular flexibility index (Phi) is 6.54. The van der Waals surface area contributed by atoms with E-state index < -0.39 is 0 Å². The van der Waals surface area contributed by atoms with Gasteiger partial charge in [-0.05, 0) is 71.6 Å². The number of phenolic OH excluding ortho intramolecular Hbond substituents is 1. The molecule has 0 saturated carbocycles. The molecule has 162 valence electrons. The lowest BCUT2D eigenvalue weighted by Gasteiger charge is -2.25. The summed E-state index contributed by atoms with van der Waals surface area (Å²) in [5, 5.41) is 22.0. The number of phenols is 1. The van der Waals surface area contributed by atoms with Crippen LogP contribution < -0.4 is 0 Å². The van der Waals surface area contributed by atoms with Gasteiger partial charge in [-0.2, -0.15) is 0 Å². The summed E-state index contributed by atoms with van der Waals surface area (Å²) in [6.45, 7) is 11.8. The first kappa shape index (κ1) is 22.7. The number of hydrogen-bond acceptors (Lipinski definition) is 2. The fraction of sp³-hybridized carbons (Fsp3) is 0.462. The van der Waals surface area contributed by atoms with Gasteiger partial charge in [-0.1, -0.05) is 58.4 Å². The molecule has 2 aromatic carbocycles. The lowest BCUT2D eigenvalue weighted by atomic mass is 9.84. The zero-order valence-electron chi connectivity index (χ0n) is 18.8. The topological polar surface area (TPSA) is 45.4 Å². The summed E-state index contributed by atoms with van der Waals surface area (Å²) in [5.41, 5.74) is 4.81. The van der Waals surface area contributed by atoms with Gasteiger partial charge in [0, 0.05) is 34.8 Å². The van der Waals surface area contributed by atoms with Gasteiger partial charge in [0.15, 0.2) is 0 Å². The van der Waals surface area contributed by atoms with Gasteiger partial charge in [0.1, 0.15) is 5.75 Å². The van der Waals surface area contributed by atoms with E-state index in [4.69, 9.17) is 11.6 Å². The predicted octanol–water partition coefficient (Wildman–Crippen LogP) is 6.59. The minimum absolute atomic E-state index is 0.124. The molecule has 3 rings (SSSR count). The van der Waals surface area contributed by atoms with E-state index in [0.717, 1.165) is 41.7 Å². The van der Waals surface area contributed by atoms with Crippen molar-refractivity contribution in [2.45, 2.75) is 60.4 Å². The summed E-state index contributed by atoms with van der Waals surface area (Å²) in [5.74, 6) is 0.288. The van der Waals surface area contributed by atoms with Gasteiger partial charge in [-0.25, -0.2) is 0 Å². The van der Waals surface area contributed by atoms with Crippen LogP contribution in [-0.4, -0.2) is 21.4 Å². The van der Waals surface area contributed by atoms with Gasteiger partial charge in [0.2, 0.25) is 0 Å². The number of nitrogens with zero attached hydrogens (tertiary/aromatic N) is 1.